The van der Waals surface area contributed by atoms with E-state index in [-0.39, 0.29) is 24.0 Å². The summed E-state index contributed by atoms with van der Waals surface area (Å²) < 4.78 is 0. The van der Waals surface area contributed by atoms with Crippen LogP contribution in [0.25, 0.3) is 0 Å². The smallest absolute Gasteiger partial charge is 0.242 e. The first-order valence-electron chi connectivity index (χ1n) is 6.95. The van der Waals surface area contributed by atoms with Gasteiger partial charge in [-0.3, -0.25) is 14.5 Å². The summed E-state index contributed by atoms with van der Waals surface area (Å²) in [6.45, 7) is 6.28. The van der Waals surface area contributed by atoms with Gasteiger partial charge in [-0.2, -0.15) is 12.6 Å². The molecule has 0 aromatic rings. The van der Waals surface area contributed by atoms with E-state index in [1.165, 1.54) is 11.3 Å². The molecule has 1 rings (SSSR count). The van der Waals surface area contributed by atoms with E-state index in [2.05, 4.69) is 26.5 Å². The van der Waals surface area contributed by atoms with Crippen LogP contribution in [0.3, 0.4) is 0 Å². The molecule has 1 aliphatic rings. The van der Waals surface area contributed by atoms with E-state index in [4.69, 9.17) is 0 Å². The van der Waals surface area contributed by atoms with Gasteiger partial charge in [0.2, 0.25) is 11.8 Å². The second-order valence-corrected chi connectivity index (χ2v) is 5.45. The summed E-state index contributed by atoms with van der Waals surface area (Å²) in [5, 5.41) is -0.454. The zero-order valence-corrected chi connectivity index (χ0v) is 13.0. The van der Waals surface area contributed by atoms with Crippen molar-refractivity contribution in [3.8, 4) is 0 Å². The first-order valence-corrected chi connectivity index (χ1v) is 7.47. The number of likely N-dealkylation sites (tertiary alicyclic amines) is 1. The molecule has 0 bridgehead atoms. The Bertz CT molecular complexity index is 318. The Labute approximate surface area is 121 Å². The highest BCUT2D eigenvalue weighted by molar-refractivity contribution is 7.81. The maximum absolute atomic E-state index is 11.5. The number of carbonyl (C=O) groups excluding carboxylic acids is 3. The summed E-state index contributed by atoms with van der Waals surface area (Å²) >= 11 is 4.04. The number of Topliss-reactive ketones (excluding diaryl/α,β-unsaturated/α-hetero) is 1. The second kappa shape index (κ2) is 10.0. The lowest BCUT2D eigenvalue weighted by molar-refractivity contribution is -0.138. The Balaban J connectivity index is 0.000000982. The first kappa shape index (κ1) is 18.2. The van der Waals surface area contributed by atoms with E-state index in [1.54, 1.807) is 6.92 Å². The van der Waals surface area contributed by atoms with Gasteiger partial charge in [0.05, 0.1) is 5.25 Å². The molecule has 110 valence electrons. The van der Waals surface area contributed by atoms with E-state index in [1.807, 2.05) is 0 Å². The van der Waals surface area contributed by atoms with Crippen molar-refractivity contribution in [2.75, 3.05) is 6.54 Å². The van der Waals surface area contributed by atoms with Crippen molar-refractivity contribution in [1.82, 2.24) is 4.90 Å². The highest BCUT2D eigenvalue weighted by Crippen LogP contribution is 2.18. The number of ketones is 1. The molecule has 19 heavy (non-hydrogen) atoms. The SMILES string of the molecule is CC(=O)CCCCCN1C(=O)CC(S)C1=O.CCC. The van der Waals surface area contributed by atoms with E-state index in [9.17, 15) is 14.4 Å². The molecule has 1 heterocycles. The summed E-state index contributed by atoms with van der Waals surface area (Å²) in [7, 11) is 0. The molecule has 4 nitrogen and oxygen atoms in total. The summed E-state index contributed by atoms with van der Waals surface area (Å²) in [6, 6.07) is 0. The molecule has 1 atom stereocenters. The van der Waals surface area contributed by atoms with Gasteiger partial charge in [0.25, 0.3) is 0 Å². The van der Waals surface area contributed by atoms with E-state index in [0.717, 1.165) is 19.3 Å². The zero-order valence-electron chi connectivity index (χ0n) is 12.1. The van der Waals surface area contributed by atoms with Crippen LogP contribution in [0.4, 0.5) is 0 Å². The Morgan fingerprint density at radius 3 is 2.26 bits per heavy atom. The average molecular weight is 287 g/mol. The molecule has 0 spiro atoms. The van der Waals surface area contributed by atoms with Crippen molar-refractivity contribution in [3.63, 3.8) is 0 Å². The fraction of sp³-hybridized carbons (Fsp3) is 0.786. The predicted molar refractivity (Wildman–Crippen MR) is 79.2 cm³/mol. The third-order valence-corrected chi connectivity index (χ3v) is 3.03. The fourth-order valence-corrected chi connectivity index (χ4v) is 2.02. The Kier molecular flexibility index (Phi) is 9.57. The molecule has 1 fully saturated rings. The minimum Gasteiger partial charge on any atom is -0.300 e. The van der Waals surface area contributed by atoms with Gasteiger partial charge in [-0.25, -0.2) is 0 Å². The van der Waals surface area contributed by atoms with E-state index >= 15 is 0 Å². The van der Waals surface area contributed by atoms with Crippen molar-refractivity contribution in [2.24, 2.45) is 0 Å². The average Bonchev–Trinajstić information content (AvgIpc) is 2.55. The molecular formula is C14H25NO3S. The molecule has 0 N–H and O–H groups in total. The van der Waals surface area contributed by atoms with Crippen LogP contribution in [0.1, 0.15) is 59.3 Å². The molecule has 0 aliphatic carbocycles. The third kappa shape index (κ3) is 7.35. The van der Waals surface area contributed by atoms with Gasteiger partial charge in [-0.1, -0.05) is 26.7 Å². The molecule has 2 amide bonds. The lowest BCUT2D eigenvalue weighted by Crippen LogP contribution is -2.31. The molecule has 5 heteroatoms. The van der Waals surface area contributed by atoms with Crippen LogP contribution in [0.5, 0.6) is 0 Å². The van der Waals surface area contributed by atoms with Gasteiger partial charge in [0.15, 0.2) is 0 Å². The number of rotatable bonds is 6. The molecular weight excluding hydrogens is 262 g/mol. The quantitative estimate of drug-likeness (QED) is 0.464. The Morgan fingerprint density at radius 1 is 1.26 bits per heavy atom. The monoisotopic (exact) mass is 287 g/mol. The predicted octanol–water partition coefficient (Wildman–Crippen LogP) is 2.61. The summed E-state index contributed by atoms with van der Waals surface area (Å²) in [5.74, 6) is -0.125. The third-order valence-electron chi connectivity index (χ3n) is 2.63. The van der Waals surface area contributed by atoms with Crippen molar-refractivity contribution < 1.29 is 14.4 Å². The molecule has 0 radical (unpaired) electrons. The summed E-state index contributed by atoms with van der Waals surface area (Å²) in [4.78, 5) is 34.8. The zero-order chi connectivity index (χ0) is 14.8. The Hall–Kier alpha value is -0.840. The first-order chi connectivity index (χ1) is 8.93. The maximum atomic E-state index is 11.5. The number of unbranched alkanes of at least 4 members (excludes halogenated alkanes) is 2. The molecule has 0 saturated carbocycles. The molecule has 0 aromatic carbocycles. The van der Waals surface area contributed by atoms with E-state index in [0.29, 0.717) is 13.0 Å². The van der Waals surface area contributed by atoms with Gasteiger partial charge in [-0.15, -0.1) is 0 Å². The lowest BCUT2D eigenvalue weighted by Gasteiger charge is -2.13. The number of hydrogen-bond donors (Lipinski definition) is 1. The van der Waals surface area contributed by atoms with Crippen LogP contribution >= 0.6 is 12.6 Å². The van der Waals surface area contributed by atoms with Crippen LogP contribution < -0.4 is 0 Å². The van der Waals surface area contributed by atoms with Crippen molar-refractivity contribution in [2.45, 2.75) is 64.5 Å². The molecule has 1 unspecified atom stereocenters. The topological polar surface area (TPSA) is 54.5 Å². The van der Waals surface area contributed by atoms with Gasteiger partial charge in [-0.05, 0) is 19.8 Å². The van der Waals surface area contributed by atoms with Gasteiger partial charge in [0, 0.05) is 19.4 Å². The fourth-order valence-electron chi connectivity index (χ4n) is 1.72. The van der Waals surface area contributed by atoms with Crippen LogP contribution in [0.15, 0.2) is 0 Å². The van der Waals surface area contributed by atoms with Crippen LogP contribution in [0.2, 0.25) is 0 Å². The number of carbonyl (C=O) groups is 3. The number of thiol groups is 1. The minimum absolute atomic E-state index is 0.128. The number of nitrogens with zero attached hydrogens (tertiary/aromatic N) is 1. The minimum atomic E-state index is -0.454. The standard InChI is InChI=1S/C11H17NO3S.C3H8/c1-8(13)5-3-2-4-6-12-10(14)7-9(16)11(12)15;1-3-2/h9,16H,2-7H2,1H3;3H2,1-2H3. The largest absolute Gasteiger partial charge is 0.300 e. The van der Waals surface area contributed by atoms with Crippen molar-refractivity contribution in [3.05, 3.63) is 0 Å². The van der Waals surface area contributed by atoms with Gasteiger partial charge < -0.3 is 4.79 Å². The van der Waals surface area contributed by atoms with E-state index < -0.39 is 5.25 Å². The molecule has 1 saturated heterocycles. The maximum Gasteiger partial charge on any atom is 0.242 e. The number of imide groups is 1. The second-order valence-electron chi connectivity index (χ2n) is 4.82. The van der Waals surface area contributed by atoms with Crippen molar-refractivity contribution >= 4 is 30.2 Å². The van der Waals surface area contributed by atoms with Gasteiger partial charge in [0.1, 0.15) is 5.78 Å². The van der Waals surface area contributed by atoms with Crippen LogP contribution in [-0.2, 0) is 14.4 Å². The van der Waals surface area contributed by atoms with Crippen molar-refractivity contribution in [1.29, 1.82) is 0 Å². The van der Waals surface area contributed by atoms with Crippen LogP contribution in [-0.4, -0.2) is 34.3 Å². The highest BCUT2D eigenvalue weighted by atomic mass is 32.1. The molecule has 0 aromatic heterocycles. The highest BCUT2D eigenvalue weighted by Gasteiger charge is 2.35. The van der Waals surface area contributed by atoms with Crippen LogP contribution in [0, 0.1) is 0 Å². The normalized spacial score (nSPS) is 18.3. The summed E-state index contributed by atoms with van der Waals surface area (Å²) in [6.07, 6.45) is 4.52. The summed E-state index contributed by atoms with van der Waals surface area (Å²) in [5.41, 5.74) is 0. The van der Waals surface area contributed by atoms with Gasteiger partial charge >= 0.3 is 0 Å². The Morgan fingerprint density at radius 2 is 1.84 bits per heavy atom. The molecule has 1 aliphatic heterocycles. The lowest BCUT2D eigenvalue weighted by atomic mass is 10.1. The number of amides is 2. The number of hydrogen-bond acceptors (Lipinski definition) is 4.